The normalized spacial score (nSPS) is 23.6. The molecule has 2 N–H and O–H groups in total. The Labute approximate surface area is 311 Å². The first-order chi connectivity index (χ1) is 25.8. The molecule has 1 saturated heterocycles. The number of nitrogens with zero attached hydrogens (tertiary/aromatic N) is 4. The zero-order valence-corrected chi connectivity index (χ0v) is 31.1. The van der Waals surface area contributed by atoms with Crippen molar-refractivity contribution in [2.75, 3.05) is 11.5 Å². The quantitative estimate of drug-likeness (QED) is 0.0870. The number of aromatic amines is 1. The number of aliphatic hydroxyl groups excluding tert-OH is 1. The van der Waals surface area contributed by atoms with Crippen LogP contribution in [-0.2, 0) is 39.4 Å². The lowest BCUT2D eigenvalue weighted by Gasteiger charge is -2.37. The van der Waals surface area contributed by atoms with Crippen molar-refractivity contribution in [3.63, 3.8) is 0 Å². The molecule has 5 aromatic rings. The monoisotopic (exact) mass is 749 g/mol. The van der Waals surface area contributed by atoms with E-state index in [9.17, 15) is 29.6 Å². The molecule has 14 heteroatoms. The van der Waals surface area contributed by atoms with Gasteiger partial charge in [-0.15, -0.1) is 0 Å². The Bertz CT molecular complexity index is 2390. The van der Waals surface area contributed by atoms with E-state index in [1.165, 1.54) is 40.9 Å². The van der Waals surface area contributed by atoms with E-state index in [0.29, 0.717) is 34.3 Å². The van der Waals surface area contributed by atoms with Gasteiger partial charge in [-0.25, -0.2) is 4.68 Å². The van der Waals surface area contributed by atoms with Gasteiger partial charge in [0.05, 0.1) is 58.9 Å². The number of benzene rings is 4. The summed E-state index contributed by atoms with van der Waals surface area (Å²) in [4.78, 5) is 57.0. The number of carbonyl (C=O) groups is 2. The first-order valence-corrected chi connectivity index (χ1v) is 21.0. The summed E-state index contributed by atoms with van der Waals surface area (Å²) in [6.45, 7) is 4.86. The molecular weight excluding hydrogens is 710 g/mol. The first-order valence-electron chi connectivity index (χ1n) is 18.1. The number of nitrogens with one attached hydrogen (secondary N) is 1. The Balaban J connectivity index is 1.16. The highest BCUT2D eigenvalue weighted by atomic mass is 28.4. The van der Waals surface area contributed by atoms with Crippen molar-refractivity contribution in [1.29, 1.82) is 0 Å². The number of non-ortho nitro benzene ring substituents is 1. The summed E-state index contributed by atoms with van der Waals surface area (Å²) in [7, 11) is -3.68. The second-order valence-electron chi connectivity index (χ2n) is 15.1. The number of hydrogen-bond donors (Lipinski definition) is 2. The number of aromatic nitrogens is 2. The second-order valence-corrected chi connectivity index (χ2v) is 18.9. The van der Waals surface area contributed by atoms with Crippen molar-refractivity contribution in [3.05, 3.63) is 134 Å². The molecule has 0 saturated carbocycles. The Morgan fingerprint density at radius 1 is 1.04 bits per heavy atom. The maximum atomic E-state index is 16.6. The van der Waals surface area contributed by atoms with Gasteiger partial charge in [0.15, 0.2) is 5.60 Å². The number of fused-ring (bicyclic) bond motifs is 4. The number of H-pyrrole nitrogens is 1. The average molecular weight is 750 g/mol. The molecule has 1 spiro atoms. The molecule has 2 amide bonds. The van der Waals surface area contributed by atoms with Crippen molar-refractivity contribution >= 4 is 42.5 Å². The molecule has 4 aromatic carbocycles. The van der Waals surface area contributed by atoms with Crippen molar-refractivity contribution in [1.82, 2.24) is 14.7 Å². The molecule has 0 aliphatic carbocycles. The van der Waals surface area contributed by atoms with E-state index in [2.05, 4.69) is 5.10 Å². The number of carbonyl (C=O) groups excluding carboxylic acids is 2. The highest BCUT2D eigenvalue weighted by molar-refractivity contribution is 6.72. The third kappa shape index (κ3) is 5.67. The van der Waals surface area contributed by atoms with Crippen LogP contribution in [0.4, 0.5) is 15.5 Å². The maximum absolute atomic E-state index is 16.6. The topological polar surface area (TPSA) is 151 Å². The van der Waals surface area contributed by atoms with Crippen molar-refractivity contribution in [2.45, 2.75) is 69.2 Å². The van der Waals surface area contributed by atoms with E-state index < -0.39 is 48.4 Å². The fraction of sp³-hybridized carbons (Fsp3) is 0.325. The highest BCUT2D eigenvalue weighted by Gasteiger charge is 2.67. The van der Waals surface area contributed by atoms with Gasteiger partial charge in [-0.05, 0) is 66.5 Å². The number of rotatable bonds is 8. The van der Waals surface area contributed by atoms with E-state index in [-0.39, 0.29) is 48.8 Å². The number of ether oxygens (including phenoxy) is 1. The van der Waals surface area contributed by atoms with Crippen molar-refractivity contribution < 1.29 is 28.5 Å². The smallest absolute Gasteiger partial charge is 0.279 e. The standard InChI is InChI=1S/C40H40FN5O7Si/c1-24-37(54(2,3)41)35(20-36(48)43-22-27-11-5-4-10-26(27)18-30(43)23-47)53-40(24)32-19-29(46(51)52)15-16-34(32)44(39(40)50)21-25-9-8-12-28(17-25)45-38(49)31-13-6-7-14-33(31)42-45/h4-17,19,24,30,35,37,42,47H,18,20-23H2,1-3H3/t24-,30-,35+,37-,40+/m0/s1. The van der Waals surface area contributed by atoms with Crippen LogP contribution in [0.3, 0.4) is 0 Å². The summed E-state index contributed by atoms with van der Waals surface area (Å²) >= 11 is 0. The summed E-state index contributed by atoms with van der Waals surface area (Å²) in [5.74, 6) is -1.61. The number of amides is 2. The summed E-state index contributed by atoms with van der Waals surface area (Å²) in [6.07, 6.45) is -0.768. The number of nitro benzene ring substituents is 1. The van der Waals surface area contributed by atoms with Crippen LogP contribution in [0, 0.1) is 16.0 Å². The van der Waals surface area contributed by atoms with Crippen molar-refractivity contribution in [2.24, 2.45) is 5.92 Å². The fourth-order valence-electron chi connectivity index (χ4n) is 9.05. The first kappa shape index (κ1) is 35.6. The van der Waals surface area contributed by atoms with Gasteiger partial charge in [0.25, 0.3) is 17.2 Å². The van der Waals surface area contributed by atoms with Crippen LogP contribution in [-0.4, -0.2) is 63.7 Å². The summed E-state index contributed by atoms with van der Waals surface area (Å²) in [5.41, 5.74) is 1.46. The molecule has 0 unspecified atom stereocenters. The van der Waals surface area contributed by atoms with Crippen LogP contribution in [0.25, 0.3) is 16.6 Å². The third-order valence-corrected chi connectivity index (χ3v) is 14.0. The summed E-state index contributed by atoms with van der Waals surface area (Å²) < 4.78 is 24.8. The summed E-state index contributed by atoms with van der Waals surface area (Å²) in [6, 6.07) is 25.8. The number of nitro groups is 1. The molecule has 3 aliphatic rings. The Kier molecular flexibility index (Phi) is 8.66. The lowest BCUT2D eigenvalue weighted by molar-refractivity contribution is -0.385. The molecule has 1 aromatic heterocycles. The predicted octanol–water partition coefficient (Wildman–Crippen LogP) is 5.88. The zero-order valence-electron chi connectivity index (χ0n) is 30.1. The Hall–Kier alpha value is -5.44. The van der Waals surface area contributed by atoms with Gasteiger partial charge in [-0.1, -0.05) is 55.5 Å². The molecule has 4 heterocycles. The van der Waals surface area contributed by atoms with Crippen LogP contribution >= 0.6 is 0 Å². The van der Waals surface area contributed by atoms with Gasteiger partial charge in [0.1, 0.15) is 0 Å². The van der Waals surface area contributed by atoms with E-state index in [0.717, 1.165) is 11.1 Å². The minimum absolute atomic E-state index is 0.0281. The van der Waals surface area contributed by atoms with Crippen LogP contribution in [0.2, 0.25) is 18.6 Å². The number of aliphatic hydroxyl groups is 1. The third-order valence-electron chi connectivity index (χ3n) is 11.5. The van der Waals surface area contributed by atoms with Crippen LogP contribution in [0.5, 0.6) is 0 Å². The highest BCUT2D eigenvalue weighted by Crippen LogP contribution is 2.60. The Morgan fingerprint density at radius 3 is 2.50 bits per heavy atom. The SMILES string of the molecule is C[C@H]1[C@H]([Si](C)(C)F)[C@@H](CC(=O)N2Cc3ccccc3C[C@H]2CO)O[C@]12C(=O)N(Cc1cccc(-n3[nH]c4ccccc4c3=O)c1)c1ccc([N+](=O)[O-])cc12. The van der Waals surface area contributed by atoms with E-state index >= 15 is 4.11 Å². The molecule has 278 valence electrons. The molecule has 0 radical (unpaired) electrons. The molecule has 0 bridgehead atoms. The zero-order chi connectivity index (χ0) is 38.1. The molecule has 1 fully saturated rings. The van der Waals surface area contributed by atoms with Gasteiger partial charge in [0, 0.05) is 35.7 Å². The van der Waals surface area contributed by atoms with Gasteiger partial charge in [0.2, 0.25) is 14.3 Å². The molecule has 3 aliphatic heterocycles. The van der Waals surface area contributed by atoms with Gasteiger partial charge < -0.3 is 23.8 Å². The molecule has 8 rings (SSSR count). The van der Waals surface area contributed by atoms with E-state index in [4.69, 9.17) is 4.74 Å². The fourth-order valence-corrected chi connectivity index (χ4v) is 11.5. The Morgan fingerprint density at radius 2 is 1.78 bits per heavy atom. The predicted molar refractivity (Wildman–Crippen MR) is 202 cm³/mol. The van der Waals surface area contributed by atoms with Crippen LogP contribution < -0.4 is 10.5 Å². The molecule has 12 nitrogen and oxygen atoms in total. The number of halogens is 1. The minimum Gasteiger partial charge on any atom is -0.394 e. The molecule has 54 heavy (non-hydrogen) atoms. The van der Waals surface area contributed by atoms with Gasteiger partial charge in [-0.2, -0.15) is 0 Å². The largest absolute Gasteiger partial charge is 0.394 e. The molecule has 5 atom stereocenters. The van der Waals surface area contributed by atoms with Crippen LogP contribution in [0.1, 0.15) is 35.6 Å². The number of para-hydroxylation sites is 1. The lowest BCUT2D eigenvalue weighted by Crippen LogP contribution is -2.48. The number of hydrogen-bond acceptors (Lipinski definition) is 7. The maximum Gasteiger partial charge on any atom is 0.279 e. The molecular formula is C40H40FN5O7Si. The lowest BCUT2D eigenvalue weighted by atomic mass is 9.82. The minimum atomic E-state index is -3.68. The van der Waals surface area contributed by atoms with Gasteiger partial charge in [-0.3, -0.25) is 29.6 Å². The second kappa shape index (κ2) is 13.1. The van der Waals surface area contributed by atoms with Gasteiger partial charge >= 0.3 is 0 Å². The van der Waals surface area contributed by atoms with Crippen molar-refractivity contribution in [3.8, 4) is 5.69 Å². The number of anilines is 1. The van der Waals surface area contributed by atoms with E-state index in [1.807, 2.05) is 42.5 Å². The summed E-state index contributed by atoms with van der Waals surface area (Å²) in [5, 5.41) is 26.0. The van der Waals surface area contributed by atoms with E-state index in [1.54, 1.807) is 42.2 Å². The van der Waals surface area contributed by atoms with Crippen LogP contribution in [0.15, 0.2) is 95.8 Å². The average Bonchev–Trinajstić information content (AvgIpc) is 3.73.